The zero-order valence-electron chi connectivity index (χ0n) is 26.5. The van der Waals surface area contributed by atoms with Crippen molar-refractivity contribution in [2.24, 2.45) is 17.8 Å². The number of hydrogen-bond acceptors (Lipinski definition) is 12. The lowest BCUT2D eigenvalue weighted by Gasteiger charge is -2.59. The number of hydrogen-bond donors (Lipinski definition) is 7. The number of fused-ring (bicyclic) bond motifs is 4. The number of carbonyl (C=O) groups is 2. The summed E-state index contributed by atoms with van der Waals surface area (Å²) in [6, 6.07) is 15.1. The van der Waals surface area contributed by atoms with Gasteiger partial charge in [-0.1, -0.05) is 42.5 Å². The molecule has 256 valence electrons. The largest absolute Gasteiger partial charge is 0.511 e. The summed E-state index contributed by atoms with van der Waals surface area (Å²) in [7, 11) is 0. The molecule has 1 saturated carbocycles. The SMILES string of the molecule is Nc1cc(C[C@@H]2CC[C@]3(CO)O[C@@H](Oc4cccc5c4C(=O)[C@@H]4C(O)=CC(Cc6cccc(CO)c6)=C[C@@H]4C5=O)[C@H](O)[C@@]2(O)[C@@H]3O)ccn1. The fraction of sp³-hybridized carbons (Fsp3) is 0.378. The Morgan fingerprint density at radius 2 is 1.78 bits per heavy atom. The van der Waals surface area contributed by atoms with E-state index in [9.17, 15) is 40.2 Å². The summed E-state index contributed by atoms with van der Waals surface area (Å²) in [4.78, 5) is 32.0. The van der Waals surface area contributed by atoms with E-state index in [-0.39, 0.29) is 54.3 Å². The highest BCUT2D eigenvalue weighted by molar-refractivity contribution is 6.19. The minimum absolute atomic E-state index is 0.0607. The molecule has 0 spiro atoms. The van der Waals surface area contributed by atoms with Gasteiger partial charge in [0, 0.05) is 11.8 Å². The van der Waals surface area contributed by atoms with E-state index in [1.54, 1.807) is 24.3 Å². The number of Topliss-reactive ketones (excluding diaryl/α,β-unsaturated/α-hetero) is 2. The molecule has 3 aliphatic carbocycles. The number of ether oxygens (including phenoxy) is 2. The monoisotopic (exact) mass is 670 g/mol. The van der Waals surface area contributed by atoms with Crippen molar-refractivity contribution in [2.75, 3.05) is 12.3 Å². The number of aromatic nitrogens is 1. The molecular formula is C37H38N2O10. The van der Waals surface area contributed by atoms with Gasteiger partial charge >= 0.3 is 0 Å². The third-order valence-corrected chi connectivity index (χ3v) is 10.5. The molecule has 0 radical (unpaired) electrons. The van der Waals surface area contributed by atoms with E-state index in [1.165, 1.54) is 30.5 Å². The van der Waals surface area contributed by atoms with E-state index in [0.717, 1.165) is 16.7 Å². The highest BCUT2D eigenvalue weighted by Gasteiger charge is 2.67. The molecule has 2 bridgehead atoms. The van der Waals surface area contributed by atoms with Crippen LogP contribution in [0.2, 0.25) is 0 Å². The van der Waals surface area contributed by atoms with E-state index < -0.39 is 65.6 Å². The Hall–Kier alpha value is -4.43. The highest BCUT2D eigenvalue weighted by atomic mass is 16.7. The van der Waals surface area contributed by atoms with Crippen molar-refractivity contribution < 1.29 is 49.7 Å². The van der Waals surface area contributed by atoms with Crippen LogP contribution in [0.4, 0.5) is 5.82 Å². The maximum atomic E-state index is 14.1. The molecule has 4 aliphatic rings. The average molecular weight is 671 g/mol. The first-order chi connectivity index (χ1) is 23.5. The van der Waals surface area contributed by atoms with Gasteiger partial charge in [0.25, 0.3) is 0 Å². The van der Waals surface area contributed by atoms with Crippen LogP contribution in [0.5, 0.6) is 5.75 Å². The first-order valence-electron chi connectivity index (χ1n) is 16.2. The molecule has 1 aromatic heterocycles. The Labute approximate surface area is 281 Å². The molecule has 12 heteroatoms. The Bertz CT molecular complexity index is 1880. The van der Waals surface area contributed by atoms with Gasteiger partial charge in [-0.3, -0.25) is 9.59 Å². The van der Waals surface area contributed by atoms with Crippen molar-refractivity contribution in [3.8, 4) is 5.75 Å². The summed E-state index contributed by atoms with van der Waals surface area (Å²) in [5.41, 5.74) is 4.86. The highest BCUT2D eigenvalue weighted by Crippen LogP contribution is 2.51. The predicted molar refractivity (Wildman–Crippen MR) is 174 cm³/mol. The summed E-state index contributed by atoms with van der Waals surface area (Å²) < 4.78 is 12.2. The smallest absolute Gasteiger partial charge is 0.229 e. The second-order valence-corrected chi connectivity index (χ2v) is 13.5. The number of aliphatic hydroxyl groups is 6. The van der Waals surface area contributed by atoms with Gasteiger partial charge in [0.1, 0.15) is 40.7 Å². The Morgan fingerprint density at radius 3 is 2.53 bits per heavy atom. The van der Waals surface area contributed by atoms with E-state index in [1.807, 2.05) is 18.2 Å². The first-order valence-corrected chi connectivity index (χ1v) is 16.2. The van der Waals surface area contributed by atoms with Crippen molar-refractivity contribution in [1.82, 2.24) is 4.98 Å². The quantitative estimate of drug-likeness (QED) is 0.183. The standard InChI is InChI=1S/C37H38N2O10/c38-28-16-20(8-10-39-28)13-23-7-9-36(18-41)35(46)37(23,47)33(45)34(49-36)48-27-6-2-5-24-30(27)32(44)29-25(31(24)43)14-22(15-26(29)42)12-19-3-1-4-21(11-19)17-40/h1-6,8,10-11,14-16,23,25,29,33-35,40-42,45-47H,7,9,12-13,17-18H2,(H2,38,39)/t23-,25-,29-,33-,34+,35+,36+,37+/m0/s1. The molecule has 8 N–H and O–H groups in total. The fourth-order valence-corrected chi connectivity index (χ4v) is 8.03. The number of ketones is 2. The molecule has 49 heavy (non-hydrogen) atoms. The molecule has 1 aliphatic heterocycles. The number of benzene rings is 2. The molecule has 2 aromatic carbocycles. The fourth-order valence-electron chi connectivity index (χ4n) is 8.03. The Kier molecular flexibility index (Phi) is 8.42. The van der Waals surface area contributed by atoms with Crippen molar-refractivity contribution in [2.45, 2.75) is 62.0 Å². The van der Waals surface area contributed by atoms with Gasteiger partial charge in [-0.05, 0) is 78.1 Å². The van der Waals surface area contributed by atoms with Crippen LogP contribution in [0.15, 0.2) is 84.3 Å². The van der Waals surface area contributed by atoms with Crippen LogP contribution in [-0.2, 0) is 24.2 Å². The van der Waals surface area contributed by atoms with Crippen LogP contribution in [0, 0.1) is 17.8 Å². The lowest BCUT2D eigenvalue weighted by atomic mass is 9.61. The Morgan fingerprint density at radius 1 is 1.00 bits per heavy atom. The second kappa shape index (κ2) is 12.5. The van der Waals surface area contributed by atoms with Gasteiger partial charge in [-0.2, -0.15) is 0 Å². The molecule has 12 nitrogen and oxygen atoms in total. The van der Waals surface area contributed by atoms with Crippen LogP contribution in [-0.4, -0.2) is 83.5 Å². The molecular weight excluding hydrogens is 632 g/mol. The number of nitrogen functional groups attached to an aromatic ring is 1. The zero-order valence-corrected chi connectivity index (χ0v) is 26.5. The second-order valence-electron chi connectivity index (χ2n) is 13.5. The van der Waals surface area contributed by atoms with Crippen LogP contribution in [0.25, 0.3) is 0 Å². The number of rotatable bonds is 8. The summed E-state index contributed by atoms with van der Waals surface area (Å²) in [5, 5.41) is 66.1. The normalized spacial score (nSPS) is 32.1. The lowest BCUT2D eigenvalue weighted by Crippen LogP contribution is -2.78. The third-order valence-electron chi connectivity index (χ3n) is 10.5. The first kappa shape index (κ1) is 33.1. The van der Waals surface area contributed by atoms with Gasteiger partial charge < -0.3 is 45.8 Å². The summed E-state index contributed by atoms with van der Waals surface area (Å²) in [6.07, 6.45) is 0.469. The van der Waals surface area contributed by atoms with Crippen molar-refractivity contribution in [3.05, 3.63) is 112 Å². The number of nitrogens with two attached hydrogens (primary N) is 1. The van der Waals surface area contributed by atoms with Crippen molar-refractivity contribution >= 4 is 17.4 Å². The number of aliphatic hydroxyl groups excluding tert-OH is 5. The van der Waals surface area contributed by atoms with Gasteiger partial charge in [-0.25, -0.2) is 4.98 Å². The van der Waals surface area contributed by atoms with Crippen molar-refractivity contribution in [1.29, 1.82) is 0 Å². The van der Waals surface area contributed by atoms with E-state index in [2.05, 4.69) is 4.98 Å². The minimum atomic E-state index is -2.20. The maximum absolute atomic E-state index is 14.1. The van der Waals surface area contributed by atoms with Crippen LogP contribution in [0.3, 0.4) is 0 Å². The van der Waals surface area contributed by atoms with Crippen LogP contribution in [0.1, 0.15) is 50.2 Å². The average Bonchev–Trinajstić information content (AvgIpc) is 3.09. The Balaban J connectivity index is 1.19. The molecule has 2 heterocycles. The molecule has 0 unspecified atom stereocenters. The molecule has 2 fully saturated rings. The minimum Gasteiger partial charge on any atom is -0.511 e. The van der Waals surface area contributed by atoms with E-state index in [4.69, 9.17) is 15.2 Å². The van der Waals surface area contributed by atoms with Gasteiger partial charge in [0.15, 0.2) is 11.6 Å². The maximum Gasteiger partial charge on any atom is 0.229 e. The van der Waals surface area contributed by atoms with Crippen molar-refractivity contribution in [3.63, 3.8) is 0 Å². The zero-order chi connectivity index (χ0) is 34.7. The predicted octanol–water partition coefficient (Wildman–Crippen LogP) is 1.96. The van der Waals surface area contributed by atoms with Gasteiger partial charge in [0.05, 0.1) is 30.6 Å². The molecule has 8 atom stereocenters. The number of pyridine rings is 1. The number of carbonyl (C=O) groups excluding carboxylic acids is 2. The molecule has 7 rings (SSSR count). The number of anilines is 1. The van der Waals surface area contributed by atoms with Crippen LogP contribution >= 0.6 is 0 Å². The van der Waals surface area contributed by atoms with Crippen LogP contribution < -0.4 is 10.5 Å². The topological polar surface area (TPSA) is 213 Å². The molecule has 3 aromatic rings. The number of allylic oxidation sites excluding steroid dienone is 4. The molecule has 0 amide bonds. The molecule has 1 saturated heterocycles. The number of nitrogens with zero attached hydrogens (tertiary/aromatic N) is 1. The van der Waals surface area contributed by atoms with Gasteiger partial charge in [0.2, 0.25) is 6.29 Å². The summed E-state index contributed by atoms with van der Waals surface area (Å²) >= 11 is 0. The summed E-state index contributed by atoms with van der Waals surface area (Å²) in [5.74, 6) is -4.00. The third kappa shape index (κ3) is 5.45. The van der Waals surface area contributed by atoms with E-state index in [0.29, 0.717) is 12.0 Å². The van der Waals surface area contributed by atoms with Gasteiger partial charge in [-0.15, -0.1) is 0 Å². The lowest BCUT2D eigenvalue weighted by molar-refractivity contribution is -0.376. The van der Waals surface area contributed by atoms with E-state index >= 15 is 0 Å². The summed E-state index contributed by atoms with van der Waals surface area (Å²) in [6.45, 7) is -0.817.